The molecule has 0 saturated carbocycles. The molecule has 0 aliphatic heterocycles. The van der Waals surface area contributed by atoms with Gasteiger partial charge in [-0.1, -0.05) is 12.1 Å². The fourth-order valence-corrected chi connectivity index (χ4v) is 5.07. The van der Waals surface area contributed by atoms with E-state index in [1.165, 1.54) is 6.07 Å². The molecule has 2 amide bonds. The summed E-state index contributed by atoms with van der Waals surface area (Å²) < 4.78 is 17.3. The van der Waals surface area contributed by atoms with E-state index in [2.05, 4.69) is 10.6 Å². The number of rotatable bonds is 12. The standard InChI is InChI=1S/C16H29BN2O6Si/c1-4-23-26(24-5-2,25-6-3)12-8-11-18-16(20)19-15-10-7-9-14(13-15)17(21)22/h7,9-10,13,21-22H,4-6,8,11-12H2,1-3H3,(H2,18,19,20). The van der Waals surface area contributed by atoms with Crippen molar-refractivity contribution in [2.24, 2.45) is 0 Å². The third-order valence-electron chi connectivity index (χ3n) is 3.48. The lowest BCUT2D eigenvalue weighted by molar-refractivity contribution is 0.0708. The summed E-state index contributed by atoms with van der Waals surface area (Å²) in [4.78, 5) is 12.0. The Hall–Kier alpha value is -1.43. The summed E-state index contributed by atoms with van der Waals surface area (Å²) in [6, 6.07) is 6.62. The number of hydrogen-bond acceptors (Lipinski definition) is 6. The van der Waals surface area contributed by atoms with Crippen LogP contribution in [-0.4, -0.2) is 58.4 Å². The number of anilines is 1. The van der Waals surface area contributed by atoms with Crippen LogP contribution in [0.3, 0.4) is 0 Å². The number of benzene rings is 1. The summed E-state index contributed by atoms with van der Waals surface area (Å²) in [5.74, 6) is 0. The lowest BCUT2D eigenvalue weighted by atomic mass is 9.80. The Morgan fingerprint density at radius 2 is 1.73 bits per heavy atom. The summed E-state index contributed by atoms with van der Waals surface area (Å²) >= 11 is 0. The number of hydrogen-bond donors (Lipinski definition) is 4. The molecule has 4 N–H and O–H groups in total. The van der Waals surface area contributed by atoms with Gasteiger partial charge in [0.05, 0.1) is 0 Å². The van der Waals surface area contributed by atoms with Gasteiger partial charge in [0.15, 0.2) is 0 Å². The van der Waals surface area contributed by atoms with Crippen molar-refractivity contribution in [2.75, 3.05) is 31.7 Å². The van der Waals surface area contributed by atoms with E-state index < -0.39 is 15.9 Å². The van der Waals surface area contributed by atoms with Crippen molar-refractivity contribution >= 4 is 33.1 Å². The van der Waals surface area contributed by atoms with E-state index in [9.17, 15) is 4.79 Å². The van der Waals surface area contributed by atoms with Crippen molar-refractivity contribution < 1.29 is 28.1 Å². The van der Waals surface area contributed by atoms with E-state index in [0.717, 1.165) is 0 Å². The molecule has 1 aromatic carbocycles. The molecule has 8 nitrogen and oxygen atoms in total. The molecule has 0 aromatic heterocycles. The Kier molecular flexibility index (Phi) is 10.5. The maximum atomic E-state index is 12.0. The first-order chi connectivity index (χ1) is 12.5. The normalized spacial score (nSPS) is 11.3. The molecular formula is C16H29BN2O6Si. The minimum Gasteiger partial charge on any atom is -0.423 e. The van der Waals surface area contributed by atoms with Crippen molar-refractivity contribution in [3.8, 4) is 0 Å². The van der Waals surface area contributed by atoms with Crippen LogP contribution in [-0.2, 0) is 13.3 Å². The lowest BCUT2D eigenvalue weighted by Crippen LogP contribution is -2.46. The molecule has 0 aliphatic carbocycles. The Bertz CT molecular complexity index is 532. The van der Waals surface area contributed by atoms with Crippen molar-refractivity contribution in [3.63, 3.8) is 0 Å². The molecule has 1 aromatic rings. The highest BCUT2D eigenvalue weighted by Gasteiger charge is 2.39. The third kappa shape index (κ3) is 7.85. The predicted octanol–water partition coefficient (Wildman–Crippen LogP) is 0.926. The summed E-state index contributed by atoms with van der Waals surface area (Å²) in [5, 5.41) is 23.7. The molecule has 146 valence electrons. The number of amides is 2. The van der Waals surface area contributed by atoms with Crippen molar-refractivity contribution in [2.45, 2.75) is 33.2 Å². The quantitative estimate of drug-likeness (QED) is 0.315. The SMILES string of the molecule is CCO[Si](CCCNC(=O)Nc1cccc(B(O)O)c1)(OCC)OCC. The van der Waals surface area contributed by atoms with E-state index in [0.29, 0.717) is 50.0 Å². The molecule has 0 bridgehead atoms. The molecule has 0 atom stereocenters. The van der Waals surface area contributed by atoms with Crippen LogP contribution in [0.15, 0.2) is 24.3 Å². The zero-order valence-corrected chi connectivity index (χ0v) is 16.7. The lowest BCUT2D eigenvalue weighted by Gasteiger charge is -2.28. The first-order valence-electron chi connectivity index (χ1n) is 8.89. The van der Waals surface area contributed by atoms with Gasteiger partial charge in [-0.25, -0.2) is 4.79 Å². The van der Waals surface area contributed by atoms with Gasteiger partial charge >= 0.3 is 22.0 Å². The van der Waals surface area contributed by atoms with Crippen LogP contribution in [0.4, 0.5) is 10.5 Å². The van der Waals surface area contributed by atoms with Gasteiger partial charge in [0.1, 0.15) is 0 Å². The fourth-order valence-electron chi connectivity index (χ4n) is 2.46. The van der Waals surface area contributed by atoms with E-state index in [1.807, 2.05) is 20.8 Å². The number of carbonyl (C=O) groups excluding carboxylic acids is 1. The molecule has 10 heteroatoms. The number of nitrogens with one attached hydrogen (secondary N) is 2. The average Bonchev–Trinajstić information content (AvgIpc) is 2.60. The van der Waals surface area contributed by atoms with Crippen LogP contribution in [0.25, 0.3) is 0 Å². The van der Waals surface area contributed by atoms with Gasteiger partial charge in [-0.2, -0.15) is 0 Å². The van der Waals surface area contributed by atoms with Crippen LogP contribution in [0.5, 0.6) is 0 Å². The van der Waals surface area contributed by atoms with E-state index in [-0.39, 0.29) is 6.03 Å². The second kappa shape index (κ2) is 12.0. The molecule has 0 fully saturated rings. The molecule has 26 heavy (non-hydrogen) atoms. The van der Waals surface area contributed by atoms with Crippen LogP contribution in [0, 0.1) is 0 Å². The Morgan fingerprint density at radius 3 is 2.27 bits per heavy atom. The monoisotopic (exact) mass is 384 g/mol. The molecular weight excluding hydrogens is 355 g/mol. The molecule has 0 unspecified atom stereocenters. The van der Waals surface area contributed by atoms with Gasteiger partial charge in [0, 0.05) is 38.1 Å². The topological polar surface area (TPSA) is 109 Å². The van der Waals surface area contributed by atoms with Crippen molar-refractivity contribution in [3.05, 3.63) is 24.3 Å². The first-order valence-corrected chi connectivity index (χ1v) is 10.8. The number of carbonyl (C=O) groups is 1. The zero-order valence-electron chi connectivity index (χ0n) is 15.7. The van der Waals surface area contributed by atoms with Crippen molar-refractivity contribution in [1.29, 1.82) is 0 Å². The van der Waals surface area contributed by atoms with Gasteiger partial charge < -0.3 is 34.0 Å². The Labute approximate surface area is 156 Å². The average molecular weight is 384 g/mol. The summed E-state index contributed by atoms with van der Waals surface area (Å²) in [6.45, 7) is 7.72. The molecule has 0 radical (unpaired) electrons. The Morgan fingerprint density at radius 1 is 1.12 bits per heavy atom. The molecule has 0 heterocycles. The minimum absolute atomic E-state index is 0.309. The van der Waals surface area contributed by atoms with Gasteiger partial charge in [0.25, 0.3) is 0 Å². The predicted molar refractivity (Wildman–Crippen MR) is 103 cm³/mol. The minimum atomic E-state index is -2.69. The summed E-state index contributed by atoms with van der Waals surface area (Å²) in [5.41, 5.74) is 0.790. The van der Waals surface area contributed by atoms with Crippen LogP contribution >= 0.6 is 0 Å². The van der Waals surface area contributed by atoms with Gasteiger partial charge in [-0.05, 0) is 44.8 Å². The molecule has 1 rings (SSSR count). The smallest absolute Gasteiger partial charge is 0.423 e. The van der Waals surface area contributed by atoms with Crippen molar-refractivity contribution in [1.82, 2.24) is 5.32 Å². The highest BCUT2D eigenvalue weighted by molar-refractivity contribution is 6.60. The second-order valence-electron chi connectivity index (χ2n) is 5.47. The summed E-state index contributed by atoms with van der Waals surface area (Å²) in [7, 11) is -4.26. The highest BCUT2D eigenvalue weighted by Crippen LogP contribution is 2.17. The van der Waals surface area contributed by atoms with E-state index in [1.54, 1.807) is 18.2 Å². The second-order valence-corrected chi connectivity index (χ2v) is 8.20. The van der Waals surface area contributed by atoms with E-state index in [4.69, 9.17) is 23.3 Å². The maximum Gasteiger partial charge on any atom is 0.500 e. The Balaban J connectivity index is 2.45. The maximum absolute atomic E-state index is 12.0. The zero-order chi connectivity index (χ0) is 19.4. The van der Waals surface area contributed by atoms with E-state index >= 15 is 0 Å². The molecule has 0 spiro atoms. The van der Waals surface area contributed by atoms with Gasteiger partial charge in [0.2, 0.25) is 0 Å². The fraction of sp³-hybridized carbons (Fsp3) is 0.562. The highest BCUT2D eigenvalue weighted by atomic mass is 28.4. The first kappa shape index (κ1) is 22.6. The van der Waals surface area contributed by atoms with Crippen LogP contribution < -0.4 is 16.1 Å². The van der Waals surface area contributed by atoms with Gasteiger partial charge in [-0.3, -0.25) is 0 Å². The third-order valence-corrected chi connectivity index (χ3v) is 6.63. The van der Waals surface area contributed by atoms with Gasteiger partial charge in [-0.15, -0.1) is 0 Å². The molecule has 0 saturated heterocycles. The van der Waals surface area contributed by atoms with Crippen LogP contribution in [0.1, 0.15) is 27.2 Å². The molecule has 0 aliphatic rings. The largest absolute Gasteiger partial charge is 0.500 e. The van der Waals surface area contributed by atoms with Crippen LogP contribution in [0.2, 0.25) is 6.04 Å². The summed E-state index contributed by atoms with van der Waals surface area (Å²) in [6.07, 6.45) is 0.662. The number of urea groups is 1.